The van der Waals surface area contributed by atoms with E-state index in [0.29, 0.717) is 17.2 Å². The number of likely N-dealkylation sites (tertiary alicyclic amines) is 1. The zero-order valence-electron chi connectivity index (χ0n) is 11.6. The fraction of sp³-hybridized carbons (Fsp3) is 0.786. The highest BCUT2D eigenvalue weighted by molar-refractivity contribution is 7.13. The molecule has 2 aliphatic heterocycles. The molecule has 0 bridgehead atoms. The van der Waals surface area contributed by atoms with Crippen LogP contribution in [0.5, 0.6) is 0 Å². The monoisotopic (exact) mass is 292 g/mol. The first-order valence-corrected chi connectivity index (χ1v) is 8.44. The lowest BCUT2D eigenvalue weighted by molar-refractivity contribution is -0.131. The third kappa shape index (κ3) is 2.20. The van der Waals surface area contributed by atoms with Crippen molar-refractivity contribution in [3.8, 4) is 0 Å². The Morgan fingerprint density at radius 2 is 2.20 bits per heavy atom. The Balaban J connectivity index is 1.46. The Bertz CT molecular complexity index is 501. The summed E-state index contributed by atoms with van der Waals surface area (Å²) in [6, 6.07) is 0. The van der Waals surface area contributed by atoms with Gasteiger partial charge in [0.05, 0.1) is 0 Å². The minimum absolute atomic E-state index is 0.300. The van der Waals surface area contributed by atoms with Gasteiger partial charge in [-0.1, -0.05) is 11.3 Å². The van der Waals surface area contributed by atoms with Crippen molar-refractivity contribution in [3.63, 3.8) is 0 Å². The molecule has 0 N–H and O–H groups in total. The Labute approximate surface area is 123 Å². The van der Waals surface area contributed by atoms with Crippen molar-refractivity contribution in [1.29, 1.82) is 0 Å². The van der Waals surface area contributed by atoms with Gasteiger partial charge in [-0.2, -0.15) is 0 Å². The number of hydrogen-bond donors (Lipinski definition) is 0. The van der Waals surface area contributed by atoms with Gasteiger partial charge in [0.25, 0.3) is 0 Å². The highest BCUT2D eigenvalue weighted by atomic mass is 32.1. The number of hydrogen-bond acceptors (Lipinski definition) is 5. The maximum absolute atomic E-state index is 12.2. The molecule has 6 heteroatoms. The largest absolute Gasteiger partial charge is 0.346 e. The number of rotatable bonds is 2. The van der Waals surface area contributed by atoms with Gasteiger partial charge in [-0.05, 0) is 32.1 Å². The van der Waals surface area contributed by atoms with Gasteiger partial charge in [-0.15, -0.1) is 10.2 Å². The quantitative estimate of drug-likeness (QED) is 0.833. The van der Waals surface area contributed by atoms with Gasteiger partial charge in [0.1, 0.15) is 5.51 Å². The summed E-state index contributed by atoms with van der Waals surface area (Å²) < 4.78 is 0. The van der Waals surface area contributed by atoms with Gasteiger partial charge >= 0.3 is 0 Å². The van der Waals surface area contributed by atoms with Crippen LogP contribution in [0.1, 0.15) is 32.1 Å². The average Bonchev–Trinajstić information content (AvgIpc) is 3.01. The summed E-state index contributed by atoms with van der Waals surface area (Å²) in [6.07, 6.45) is 5.82. The molecule has 0 aromatic carbocycles. The zero-order chi connectivity index (χ0) is 13.6. The molecule has 4 rings (SSSR count). The van der Waals surface area contributed by atoms with E-state index in [-0.39, 0.29) is 0 Å². The summed E-state index contributed by atoms with van der Waals surface area (Å²) in [4.78, 5) is 16.7. The number of piperidine rings is 1. The Morgan fingerprint density at radius 3 is 2.95 bits per heavy atom. The van der Waals surface area contributed by atoms with Gasteiger partial charge in [0.15, 0.2) is 0 Å². The second-order valence-corrected chi connectivity index (χ2v) is 7.34. The predicted octanol–water partition coefficient (Wildman–Crippen LogP) is 1.77. The van der Waals surface area contributed by atoms with Crippen molar-refractivity contribution in [2.24, 2.45) is 11.3 Å². The third-order valence-corrected chi connectivity index (χ3v) is 5.71. The molecule has 3 heterocycles. The van der Waals surface area contributed by atoms with E-state index in [1.807, 2.05) is 0 Å². The van der Waals surface area contributed by atoms with Crippen molar-refractivity contribution >= 4 is 22.4 Å². The van der Waals surface area contributed by atoms with E-state index in [9.17, 15) is 4.79 Å². The van der Waals surface area contributed by atoms with Gasteiger partial charge in [-0.25, -0.2) is 0 Å². The summed E-state index contributed by atoms with van der Waals surface area (Å²) >= 11 is 1.62. The van der Waals surface area contributed by atoms with Crippen LogP contribution in [-0.2, 0) is 4.79 Å². The normalized spacial score (nSPS) is 30.2. The van der Waals surface area contributed by atoms with E-state index in [0.717, 1.165) is 50.6 Å². The summed E-state index contributed by atoms with van der Waals surface area (Å²) in [5, 5.41) is 9.19. The molecule has 1 aromatic heterocycles. The average molecular weight is 292 g/mol. The standard InChI is InChI=1S/C14H20N4OS/c19-12(11-2-3-11)17-7-5-14(8-17)4-1-6-18(9-14)13-16-15-10-20-13/h10-11H,1-9H2/t14-/m1/s1. The summed E-state index contributed by atoms with van der Waals surface area (Å²) in [6.45, 7) is 4.03. The first kappa shape index (κ1) is 12.6. The van der Waals surface area contributed by atoms with Crippen LogP contribution in [-0.4, -0.2) is 47.2 Å². The van der Waals surface area contributed by atoms with E-state index < -0.39 is 0 Å². The zero-order valence-corrected chi connectivity index (χ0v) is 12.4. The topological polar surface area (TPSA) is 49.3 Å². The molecule has 1 saturated carbocycles. The smallest absolute Gasteiger partial charge is 0.225 e. The lowest BCUT2D eigenvalue weighted by Crippen LogP contribution is -2.45. The van der Waals surface area contributed by atoms with E-state index in [1.54, 1.807) is 16.8 Å². The first-order chi connectivity index (χ1) is 9.76. The summed E-state index contributed by atoms with van der Waals surface area (Å²) in [5.41, 5.74) is 2.10. The number of anilines is 1. The molecule has 108 valence electrons. The Hall–Kier alpha value is -1.17. The van der Waals surface area contributed by atoms with Crippen LogP contribution in [0.25, 0.3) is 0 Å². The van der Waals surface area contributed by atoms with Gasteiger partial charge < -0.3 is 9.80 Å². The van der Waals surface area contributed by atoms with Gasteiger partial charge in [0.2, 0.25) is 11.0 Å². The highest BCUT2D eigenvalue weighted by Gasteiger charge is 2.45. The van der Waals surface area contributed by atoms with Crippen LogP contribution in [0.4, 0.5) is 5.13 Å². The molecule has 1 aliphatic carbocycles. The van der Waals surface area contributed by atoms with Crippen molar-refractivity contribution in [1.82, 2.24) is 15.1 Å². The summed E-state index contributed by atoms with van der Waals surface area (Å²) in [7, 11) is 0. The van der Waals surface area contributed by atoms with E-state index in [2.05, 4.69) is 20.0 Å². The van der Waals surface area contributed by atoms with Crippen molar-refractivity contribution in [2.75, 3.05) is 31.1 Å². The SMILES string of the molecule is O=C(C1CC1)N1CC[C@]2(CCCN(c3nncs3)C2)C1. The highest BCUT2D eigenvalue weighted by Crippen LogP contribution is 2.42. The number of carbonyl (C=O) groups excluding carboxylic acids is 1. The van der Waals surface area contributed by atoms with Gasteiger partial charge in [0, 0.05) is 37.5 Å². The van der Waals surface area contributed by atoms with Crippen LogP contribution in [0, 0.1) is 11.3 Å². The lowest BCUT2D eigenvalue weighted by atomic mass is 9.79. The predicted molar refractivity (Wildman–Crippen MR) is 77.7 cm³/mol. The molecular weight excluding hydrogens is 272 g/mol. The minimum atomic E-state index is 0.300. The molecule has 5 nitrogen and oxygen atoms in total. The molecule has 1 atom stereocenters. The van der Waals surface area contributed by atoms with Crippen molar-refractivity contribution in [2.45, 2.75) is 32.1 Å². The molecule has 1 spiro atoms. The molecule has 2 saturated heterocycles. The number of nitrogens with zero attached hydrogens (tertiary/aromatic N) is 4. The number of carbonyl (C=O) groups is 1. The van der Waals surface area contributed by atoms with Crippen LogP contribution < -0.4 is 4.90 Å². The second kappa shape index (κ2) is 4.69. The molecule has 3 fully saturated rings. The second-order valence-electron chi connectivity index (χ2n) is 6.53. The Morgan fingerprint density at radius 1 is 1.30 bits per heavy atom. The van der Waals surface area contributed by atoms with Crippen LogP contribution in [0.2, 0.25) is 0 Å². The molecule has 1 aromatic rings. The first-order valence-electron chi connectivity index (χ1n) is 7.56. The van der Waals surface area contributed by atoms with E-state index in [1.165, 1.54) is 12.8 Å². The van der Waals surface area contributed by atoms with Crippen molar-refractivity contribution < 1.29 is 4.79 Å². The number of amides is 1. The van der Waals surface area contributed by atoms with Gasteiger partial charge in [-0.3, -0.25) is 4.79 Å². The Kier molecular flexibility index (Phi) is 2.94. The van der Waals surface area contributed by atoms with Crippen LogP contribution in [0.3, 0.4) is 0 Å². The molecule has 0 unspecified atom stereocenters. The van der Waals surface area contributed by atoms with Crippen LogP contribution in [0.15, 0.2) is 5.51 Å². The maximum Gasteiger partial charge on any atom is 0.225 e. The molecule has 3 aliphatic rings. The van der Waals surface area contributed by atoms with Crippen molar-refractivity contribution in [3.05, 3.63) is 5.51 Å². The molecular formula is C14H20N4OS. The van der Waals surface area contributed by atoms with E-state index in [4.69, 9.17) is 0 Å². The minimum Gasteiger partial charge on any atom is -0.346 e. The molecule has 1 amide bonds. The van der Waals surface area contributed by atoms with E-state index >= 15 is 0 Å². The fourth-order valence-corrected chi connectivity index (χ4v) is 4.31. The summed E-state index contributed by atoms with van der Waals surface area (Å²) in [5.74, 6) is 0.767. The third-order valence-electron chi connectivity index (χ3n) is 4.96. The van der Waals surface area contributed by atoms with Crippen LogP contribution >= 0.6 is 11.3 Å². The fourth-order valence-electron chi connectivity index (χ4n) is 3.72. The number of aromatic nitrogens is 2. The maximum atomic E-state index is 12.2. The molecule has 20 heavy (non-hydrogen) atoms. The molecule has 0 radical (unpaired) electrons. The lowest BCUT2D eigenvalue weighted by Gasteiger charge is -2.40.